The molecule has 4 rings (SSSR count). The molecule has 0 radical (unpaired) electrons. The van der Waals surface area contributed by atoms with Gasteiger partial charge in [0.1, 0.15) is 11.4 Å². The fourth-order valence-corrected chi connectivity index (χ4v) is 3.13. The molecule has 25 heavy (non-hydrogen) atoms. The Morgan fingerprint density at radius 1 is 1.36 bits per heavy atom. The van der Waals surface area contributed by atoms with Crippen molar-refractivity contribution in [1.29, 1.82) is 0 Å². The Hall–Kier alpha value is -2.73. The van der Waals surface area contributed by atoms with Crippen LogP contribution in [0.15, 0.2) is 51.5 Å². The van der Waals surface area contributed by atoms with Crippen molar-refractivity contribution in [2.45, 2.75) is 18.4 Å². The number of carbonyl (C=O) groups excluding carboxylic acids is 1. The topological polar surface area (TPSA) is 84.8 Å². The minimum absolute atomic E-state index is 0.0677. The first-order chi connectivity index (χ1) is 12.1. The molecule has 2 N–H and O–H groups in total. The molecule has 1 fully saturated rings. The van der Waals surface area contributed by atoms with Crippen LogP contribution in [-0.4, -0.2) is 24.7 Å². The zero-order valence-corrected chi connectivity index (χ0v) is 13.8. The SMILES string of the molecule is COc1cccc2cc(C(=O)NC[C@@](O)(c3ccco3)C3CC3)oc12. The monoisotopic (exact) mass is 341 g/mol. The quantitative estimate of drug-likeness (QED) is 0.720. The fourth-order valence-electron chi connectivity index (χ4n) is 3.13. The maximum absolute atomic E-state index is 12.5. The van der Waals surface area contributed by atoms with Crippen molar-refractivity contribution in [3.63, 3.8) is 0 Å². The number of para-hydroxylation sites is 1. The number of hydrogen-bond acceptors (Lipinski definition) is 5. The summed E-state index contributed by atoms with van der Waals surface area (Å²) in [5.41, 5.74) is -0.665. The van der Waals surface area contributed by atoms with Crippen LogP contribution >= 0.6 is 0 Å². The zero-order chi connectivity index (χ0) is 17.4. The van der Waals surface area contributed by atoms with Gasteiger partial charge in [-0.3, -0.25) is 4.79 Å². The molecule has 6 heteroatoms. The molecule has 1 aliphatic rings. The van der Waals surface area contributed by atoms with Gasteiger partial charge in [0.2, 0.25) is 0 Å². The molecule has 0 aliphatic heterocycles. The molecule has 0 bridgehead atoms. The van der Waals surface area contributed by atoms with Crippen LogP contribution in [0.4, 0.5) is 0 Å². The van der Waals surface area contributed by atoms with Gasteiger partial charge in [0.05, 0.1) is 19.9 Å². The Bertz CT molecular complexity index is 894. The van der Waals surface area contributed by atoms with Gasteiger partial charge < -0.3 is 24.0 Å². The van der Waals surface area contributed by atoms with Crippen LogP contribution in [0.1, 0.15) is 29.2 Å². The fraction of sp³-hybridized carbons (Fsp3) is 0.316. The maximum Gasteiger partial charge on any atom is 0.287 e. The Kier molecular flexibility index (Phi) is 3.77. The summed E-state index contributed by atoms with van der Waals surface area (Å²) in [5.74, 6) is 0.930. The van der Waals surface area contributed by atoms with Crippen molar-refractivity contribution in [3.05, 3.63) is 54.2 Å². The molecule has 130 valence electrons. The smallest absolute Gasteiger partial charge is 0.287 e. The molecule has 0 spiro atoms. The number of methoxy groups -OCH3 is 1. The molecule has 2 heterocycles. The van der Waals surface area contributed by atoms with Gasteiger partial charge >= 0.3 is 0 Å². The van der Waals surface area contributed by atoms with E-state index in [9.17, 15) is 9.90 Å². The number of benzene rings is 1. The summed E-state index contributed by atoms with van der Waals surface area (Å²) in [6, 6.07) is 10.6. The molecule has 1 aliphatic carbocycles. The predicted molar refractivity (Wildman–Crippen MR) is 90.4 cm³/mol. The second kappa shape index (κ2) is 5.97. The number of nitrogens with one attached hydrogen (secondary N) is 1. The number of fused-ring (bicyclic) bond motifs is 1. The normalized spacial score (nSPS) is 16.6. The van der Waals surface area contributed by atoms with Crippen molar-refractivity contribution < 1.29 is 23.5 Å². The third-order valence-electron chi connectivity index (χ3n) is 4.67. The summed E-state index contributed by atoms with van der Waals surface area (Å²) in [4.78, 5) is 12.5. The third-order valence-corrected chi connectivity index (χ3v) is 4.67. The van der Waals surface area contributed by atoms with Crippen molar-refractivity contribution in [1.82, 2.24) is 5.32 Å². The summed E-state index contributed by atoms with van der Waals surface area (Å²) in [6.07, 6.45) is 3.35. The van der Waals surface area contributed by atoms with Crippen molar-refractivity contribution in [2.24, 2.45) is 5.92 Å². The largest absolute Gasteiger partial charge is 0.493 e. The lowest BCUT2D eigenvalue weighted by atomic mass is 9.94. The van der Waals surface area contributed by atoms with Gasteiger partial charge in [-0.05, 0) is 43.0 Å². The summed E-state index contributed by atoms with van der Waals surface area (Å²) >= 11 is 0. The summed E-state index contributed by atoms with van der Waals surface area (Å²) in [5, 5.41) is 14.5. The van der Waals surface area contributed by atoms with Crippen molar-refractivity contribution in [2.75, 3.05) is 13.7 Å². The first kappa shape index (κ1) is 15.8. The van der Waals surface area contributed by atoms with Gasteiger partial charge in [-0.25, -0.2) is 0 Å². The Balaban J connectivity index is 1.54. The minimum Gasteiger partial charge on any atom is -0.493 e. The van der Waals surface area contributed by atoms with E-state index in [0.29, 0.717) is 17.1 Å². The number of carbonyl (C=O) groups is 1. The number of ether oxygens (including phenoxy) is 1. The second-order valence-corrected chi connectivity index (χ2v) is 6.35. The standard InChI is InChI=1S/C19H19NO5/c1-23-14-5-2-4-12-10-15(25-17(12)14)18(21)20-11-19(22,13-7-8-13)16-6-3-9-24-16/h2-6,9-10,13,22H,7-8,11H2,1H3,(H,20,21)/t19-/m0/s1. The van der Waals surface area contributed by atoms with E-state index in [2.05, 4.69) is 5.32 Å². The second-order valence-electron chi connectivity index (χ2n) is 6.35. The molecule has 1 atom stereocenters. The third kappa shape index (κ3) is 2.78. The van der Waals surface area contributed by atoms with E-state index >= 15 is 0 Å². The first-order valence-electron chi connectivity index (χ1n) is 8.23. The highest BCUT2D eigenvalue weighted by atomic mass is 16.5. The number of amides is 1. The maximum atomic E-state index is 12.5. The van der Waals surface area contributed by atoms with Gasteiger partial charge in [0, 0.05) is 5.39 Å². The molecule has 1 aromatic carbocycles. The van der Waals surface area contributed by atoms with E-state index in [1.54, 1.807) is 31.4 Å². The summed E-state index contributed by atoms with van der Waals surface area (Å²) in [6.45, 7) is 0.0677. The number of rotatable bonds is 6. The highest BCUT2D eigenvalue weighted by molar-refractivity contribution is 5.97. The van der Waals surface area contributed by atoms with Gasteiger partial charge in [0.15, 0.2) is 17.1 Å². The number of hydrogen-bond donors (Lipinski definition) is 2. The van der Waals surface area contributed by atoms with Gasteiger partial charge in [-0.2, -0.15) is 0 Å². The van der Waals surface area contributed by atoms with E-state index < -0.39 is 5.60 Å². The minimum atomic E-state index is -1.19. The molecule has 0 unspecified atom stereocenters. The Morgan fingerprint density at radius 2 is 2.20 bits per heavy atom. The summed E-state index contributed by atoms with van der Waals surface area (Å²) < 4.78 is 16.3. The lowest BCUT2D eigenvalue weighted by Crippen LogP contribution is -2.42. The average Bonchev–Trinajstić information content (AvgIpc) is 3.17. The number of aliphatic hydroxyl groups is 1. The molecular weight excluding hydrogens is 322 g/mol. The molecule has 0 saturated heterocycles. The van der Waals surface area contributed by atoms with E-state index in [1.165, 1.54) is 6.26 Å². The van der Waals surface area contributed by atoms with Crippen molar-refractivity contribution in [3.8, 4) is 5.75 Å². The molecule has 6 nitrogen and oxygen atoms in total. The predicted octanol–water partition coefficient (Wildman–Crippen LogP) is 3.06. The molecular formula is C19H19NO5. The highest BCUT2D eigenvalue weighted by Crippen LogP contribution is 2.45. The van der Waals surface area contributed by atoms with E-state index in [0.717, 1.165) is 18.2 Å². The molecule has 1 amide bonds. The summed E-state index contributed by atoms with van der Waals surface area (Å²) in [7, 11) is 1.55. The van der Waals surface area contributed by atoms with Crippen LogP contribution in [0.3, 0.4) is 0 Å². The van der Waals surface area contributed by atoms with Crippen molar-refractivity contribution >= 4 is 16.9 Å². The zero-order valence-electron chi connectivity index (χ0n) is 13.8. The highest BCUT2D eigenvalue weighted by Gasteiger charge is 2.47. The average molecular weight is 341 g/mol. The lowest BCUT2D eigenvalue weighted by Gasteiger charge is -2.26. The van der Waals surface area contributed by atoms with Gasteiger partial charge in [-0.1, -0.05) is 12.1 Å². The van der Waals surface area contributed by atoms with Crippen LogP contribution in [-0.2, 0) is 5.60 Å². The van der Waals surface area contributed by atoms with Crippen LogP contribution in [0.5, 0.6) is 5.75 Å². The lowest BCUT2D eigenvalue weighted by molar-refractivity contribution is -0.00629. The van der Waals surface area contributed by atoms with E-state index in [4.69, 9.17) is 13.6 Å². The number of furan rings is 2. The van der Waals surface area contributed by atoms with Gasteiger partial charge in [0.25, 0.3) is 5.91 Å². The first-order valence-corrected chi connectivity index (χ1v) is 8.23. The van der Waals surface area contributed by atoms with Crippen LogP contribution in [0, 0.1) is 5.92 Å². The van der Waals surface area contributed by atoms with Crippen LogP contribution < -0.4 is 10.1 Å². The van der Waals surface area contributed by atoms with Crippen LogP contribution in [0.2, 0.25) is 0 Å². The molecule has 1 saturated carbocycles. The Labute approximate surface area is 144 Å². The molecule has 3 aromatic rings. The van der Waals surface area contributed by atoms with E-state index in [1.807, 2.05) is 12.1 Å². The van der Waals surface area contributed by atoms with E-state index in [-0.39, 0.29) is 24.1 Å². The van der Waals surface area contributed by atoms with Gasteiger partial charge in [-0.15, -0.1) is 0 Å². The molecule has 2 aromatic heterocycles. The van der Waals surface area contributed by atoms with Crippen LogP contribution in [0.25, 0.3) is 11.0 Å². The Morgan fingerprint density at radius 3 is 2.88 bits per heavy atom.